The lowest BCUT2D eigenvalue weighted by atomic mass is 9.52. The molecule has 0 saturated heterocycles. The van der Waals surface area contributed by atoms with Gasteiger partial charge in [0.15, 0.2) is 5.96 Å². The average Bonchev–Trinajstić information content (AvgIpc) is 2.30. The molecule has 0 amide bonds. The maximum atomic E-state index is 4.94. The molecule has 0 aromatic carbocycles. The highest BCUT2D eigenvalue weighted by Crippen LogP contribution is 2.56. The van der Waals surface area contributed by atoms with E-state index in [1.54, 1.807) is 6.42 Å². The van der Waals surface area contributed by atoms with Crippen LogP contribution in [-0.4, -0.2) is 50.5 Å². The van der Waals surface area contributed by atoms with E-state index in [-0.39, 0.29) is 0 Å². The Hall–Kier alpha value is -0.730. The lowest BCUT2D eigenvalue weighted by molar-refractivity contribution is -0.0321. The number of aliphatic imine (C=N–C) groups is 1. The van der Waals surface area contributed by atoms with Gasteiger partial charge in [-0.1, -0.05) is 0 Å². The van der Waals surface area contributed by atoms with Crippen molar-refractivity contribution in [3.8, 4) is 0 Å². The zero-order chi connectivity index (χ0) is 13.6. The van der Waals surface area contributed by atoms with E-state index in [2.05, 4.69) is 38.0 Å². The van der Waals surface area contributed by atoms with Gasteiger partial charge in [0.1, 0.15) is 0 Å². The summed E-state index contributed by atoms with van der Waals surface area (Å²) in [5, 5.41) is 0. The fraction of sp³-hybridized carbons (Fsp3) is 0.938. The van der Waals surface area contributed by atoms with E-state index < -0.39 is 0 Å². The molecule has 0 heterocycles. The molecule has 0 aliphatic heterocycles. The molecule has 4 rings (SSSR count). The van der Waals surface area contributed by atoms with Gasteiger partial charge < -0.3 is 9.80 Å². The average molecular weight is 263 g/mol. The van der Waals surface area contributed by atoms with Crippen molar-refractivity contribution in [2.75, 3.05) is 34.7 Å². The molecular formula is C16H29N3. The van der Waals surface area contributed by atoms with E-state index in [0.29, 0.717) is 0 Å². The molecular weight excluding hydrogens is 234 g/mol. The zero-order valence-corrected chi connectivity index (χ0v) is 13.0. The quantitative estimate of drug-likeness (QED) is 0.563. The van der Waals surface area contributed by atoms with Crippen molar-refractivity contribution >= 4 is 5.96 Å². The molecule has 0 atom stereocenters. The summed E-state index contributed by atoms with van der Waals surface area (Å²) >= 11 is 0. The molecule has 0 N–H and O–H groups in total. The third-order valence-corrected chi connectivity index (χ3v) is 5.67. The number of hydrogen-bond acceptors (Lipinski definition) is 1. The van der Waals surface area contributed by atoms with Gasteiger partial charge >= 0.3 is 0 Å². The lowest BCUT2D eigenvalue weighted by Crippen LogP contribution is -2.46. The van der Waals surface area contributed by atoms with Gasteiger partial charge in [0.05, 0.1) is 0 Å². The van der Waals surface area contributed by atoms with E-state index >= 15 is 0 Å². The molecule has 4 fully saturated rings. The number of nitrogens with zero attached hydrogens (tertiary/aromatic N) is 3. The standard InChI is InChI=1S/C16H29N3/c1-18(2)16(19(3)4)17-10-15-13-6-11-5-12(8-13)9-14(15)7-11/h11-15H,5-10H2,1-4H3. The Morgan fingerprint density at radius 3 is 1.74 bits per heavy atom. The maximum Gasteiger partial charge on any atom is 0.195 e. The summed E-state index contributed by atoms with van der Waals surface area (Å²) in [6.07, 6.45) is 7.57. The summed E-state index contributed by atoms with van der Waals surface area (Å²) < 4.78 is 0. The molecule has 3 nitrogen and oxygen atoms in total. The summed E-state index contributed by atoms with van der Waals surface area (Å²) in [5.41, 5.74) is 0. The molecule has 108 valence electrons. The van der Waals surface area contributed by atoms with Gasteiger partial charge in [-0.2, -0.15) is 0 Å². The van der Waals surface area contributed by atoms with Crippen LogP contribution in [0.2, 0.25) is 0 Å². The maximum absolute atomic E-state index is 4.94. The highest BCUT2D eigenvalue weighted by molar-refractivity contribution is 5.79. The Bertz CT molecular complexity index is 321. The fourth-order valence-corrected chi connectivity index (χ4v) is 5.21. The van der Waals surface area contributed by atoms with Crippen LogP contribution < -0.4 is 0 Å². The Kier molecular flexibility index (Phi) is 3.48. The predicted molar refractivity (Wildman–Crippen MR) is 80.2 cm³/mol. The summed E-state index contributed by atoms with van der Waals surface area (Å²) in [6.45, 7) is 1.06. The third kappa shape index (κ3) is 2.48. The lowest BCUT2D eigenvalue weighted by Gasteiger charge is -2.54. The Morgan fingerprint density at radius 2 is 1.32 bits per heavy atom. The zero-order valence-electron chi connectivity index (χ0n) is 13.0. The van der Waals surface area contributed by atoms with Gasteiger partial charge in [-0.3, -0.25) is 4.99 Å². The van der Waals surface area contributed by atoms with E-state index in [1.807, 2.05) is 0 Å². The van der Waals surface area contributed by atoms with Crippen LogP contribution in [0.4, 0.5) is 0 Å². The van der Waals surface area contributed by atoms with Gasteiger partial charge in [-0.05, 0) is 61.7 Å². The number of guanidine groups is 1. The van der Waals surface area contributed by atoms with Gasteiger partial charge in [0, 0.05) is 34.7 Å². The van der Waals surface area contributed by atoms with Crippen LogP contribution in [0.15, 0.2) is 4.99 Å². The third-order valence-electron chi connectivity index (χ3n) is 5.67. The van der Waals surface area contributed by atoms with Crippen molar-refractivity contribution < 1.29 is 0 Å². The van der Waals surface area contributed by atoms with Crippen molar-refractivity contribution in [2.24, 2.45) is 34.6 Å². The first kappa shape index (κ1) is 13.3. The van der Waals surface area contributed by atoms with Gasteiger partial charge in [-0.15, -0.1) is 0 Å². The fourth-order valence-electron chi connectivity index (χ4n) is 5.21. The first-order valence-electron chi connectivity index (χ1n) is 7.93. The van der Waals surface area contributed by atoms with E-state index in [1.165, 1.54) is 25.7 Å². The molecule has 0 unspecified atom stereocenters. The Morgan fingerprint density at radius 1 is 0.842 bits per heavy atom. The van der Waals surface area contributed by atoms with Crippen LogP contribution >= 0.6 is 0 Å². The molecule has 0 aromatic rings. The predicted octanol–water partition coefficient (Wildman–Crippen LogP) is 2.54. The Balaban J connectivity index is 1.68. The smallest absolute Gasteiger partial charge is 0.195 e. The van der Waals surface area contributed by atoms with Crippen LogP contribution in [0.5, 0.6) is 0 Å². The second-order valence-electron chi connectivity index (χ2n) is 7.52. The number of hydrogen-bond donors (Lipinski definition) is 0. The van der Waals surface area contributed by atoms with E-state index in [4.69, 9.17) is 4.99 Å². The van der Waals surface area contributed by atoms with Crippen LogP contribution in [0, 0.1) is 29.6 Å². The van der Waals surface area contributed by atoms with Crippen LogP contribution in [0.1, 0.15) is 32.1 Å². The topological polar surface area (TPSA) is 18.8 Å². The Labute approximate surface area is 118 Å². The summed E-state index contributed by atoms with van der Waals surface area (Å²) in [4.78, 5) is 9.21. The van der Waals surface area contributed by atoms with Crippen LogP contribution in [-0.2, 0) is 0 Å². The van der Waals surface area contributed by atoms with Gasteiger partial charge in [0.2, 0.25) is 0 Å². The van der Waals surface area contributed by atoms with Crippen molar-refractivity contribution in [3.05, 3.63) is 0 Å². The van der Waals surface area contributed by atoms with Crippen molar-refractivity contribution in [1.82, 2.24) is 9.80 Å². The minimum Gasteiger partial charge on any atom is -0.349 e. The van der Waals surface area contributed by atoms with Gasteiger partial charge in [-0.25, -0.2) is 0 Å². The van der Waals surface area contributed by atoms with Crippen molar-refractivity contribution in [1.29, 1.82) is 0 Å². The summed E-state index contributed by atoms with van der Waals surface area (Å²) in [6, 6.07) is 0. The second kappa shape index (κ2) is 4.99. The first-order chi connectivity index (χ1) is 9.04. The molecule has 3 heteroatoms. The summed E-state index contributed by atoms with van der Waals surface area (Å²) in [5.74, 6) is 6.13. The highest BCUT2D eigenvalue weighted by atomic mass is 15.3. The molecule has 0 spiro atoms. The SMILES string of the molecule is CN(C)C(=NCC1C2CC3CC(C2)CC1C3)N(C)C. The van der Waals surface area contributed by atoms with Gasteiger partial charge in [0.25, 0.3) is 0 Å². The number of rotatable bonds is 2. The summed E-state index contributed by atoms with van der Waals surface area (Å²) in [7, 11) is 8.37. The molecule has 4 aliphatic carbocycles. The highest BCUT2D eigenvalue weighted by Gasteiger charge is 2.47. The van der Waals surface area contributed by atoms with Crippen molar-refractivity contribution in [3.63, 3.8) is 0 Å². The van der Waals surface area contributed by atoms with Crippen molar-refractivity contribution in [2.45, 2.75) is 32.1 Å². The minimum atomic E-state index is 0.877. The first-order valence-corrected chi connectivity index (χ1v) is 7.93. The van der Waals surface area contributed by atoms with Crippen LogP contribution in [0.25, 0.3) is 0 Å². The molecule has 0 radical (unpaired) electrons. The van der Waals surface area contributed by atoms with E-state index in [0.717, 1.165) is 42.1 Å². The van der Waals surface area contributed by atoms with E-state index in [9.17, 15) is 0 Å². The minimum absolute atomic E-state index is 0.877. The van der Waals surface area contributed by atoms with Crippen LogP contribution in [0.3, 0.4) is 0 Å². The second-order valence-corrected chi connectivity index (χ2v) is 7.52. The molecule has 0 aromatic heterocycles. The molecule has 4 aliphatic rings. The molecule has 4 bridgehead atoms. The largest absolute Gasteiger partial charge is 0.349 e. The normalized spacial score (nSPS) is 39.3. The molecule has 4 saturated carbocycles. The monoisotopic (exact) mass is 263 g/mol. The molecule has 19 heavy (non-hydrogen) atoms.